The van der Waals surface area contributed by atoms with Gasteiger partial charge in [0.2, 0.25) is 5.95 Å². The van der Waals surface area contributed by atoms with Crippen molar-refractivity contribution < 1.29 is 0 Å². The monoisotopic (exact) mass is 279 g/mol. The molecule has 2 atom stereocenters. The van der Waals surface area contributed by atoms with Crippen LogP contribution < -0.4 is 10.6 Å². The van der Waals surface area contributed by atoms with E-state index in [0.29, 0.717) is 5.92 Å². The van der Waals surface area contributed by atoms with Gasteiger partial charge in [0.15, 0.2) is 0 Å². The molecule has 5 heteroatoms. The summed E-state index contributed by atoms with van der Waals surface area (Å²) in [4.78, 5) is 6.82. The van der Waals surface area contributed by atoms with Gasteiger partial charge >= 0.3 is 0 Å². The second-order valence-electron chi connectivity index (χ2n) is 6.12. The van der Waals surface area contributed by atoms with Crippen LogP contribution in [-0.2, 0) is 6.42 Å². The quantitative estimate of drug-likeness (QED) is 0.752. The normalized spacial score (nSPS) is 23.2. The number of hydrogen-bond acceptors (Lipinski definition) is 4. The van der Waals surface area contributed by atoms with E-state index in [1.54, 1.807) is 0 Å². The van der Waals surface area contributed by atoms with Gasteiger partial charge in [0.05, 0.1) is 0 Å². The summed E-state index contributed by atoms with van der Waals surface area (Å²) in [5.74, 6) is 2.45. The molecule has 3 N–H and O–H groups in total. The minimum atomic E-state index is 0.236. The molecule has 0 spiro atoms. The first-order valence-electron chi connectivity index (χ1n) is 8.12. The average molecular weight is 279 g/mol. The minimum absolute atomic E-state index is 0.236. The van der Waals surface area contributed by atoms with Crippen molar-refractivity contribution in [3.63, 3.8) is 0 Å². The molecule has 1 aromatic heterocycles. The summed E-state index contributed by atoms with van der Waals surface area (Å²) < 4.78 is 0. The SMILES string of the molecule is CCCCCCCc1nc(N2CCC(C)C(N)C2)n[nH]1. The summed E-state index contributed by atoms with van der Waals surface area (Å²) in [5, 5.41) is 7.43. The summed E-state index contributed by atoms with van der Waals surface area (Å²) in [7, 11) is 0. The summed E-state index contributed by atoms with van der Waals surface area (Å²) in [6.45, 7) is 6.35. The Hall–Kier alpha value is -1.10. The van der Waals surface area contributed by atoms with Crippen molar-refractivity contribution in [3.05, 3.63) is 5.82 Å². The number of anilines is 1. The number of nitrogens with two attached hydrogens (primary N) is 1. The van der Waals surface area contributed by atoms with Gasteiger partial charge in [-0.1, -0.05) is 39.5 Å². The molecule has 0 saturated carbocycles. The van der Waals surface area contributed by atoms with E-state index in [0.717, 1.165) is 37.7 Å². The molecule has 0 aliphatic carbocycles. The third kappa shape index (κ3) is 4.20. The van der Waals surface area contributed by atoms with Crippen LogP contribution in [-0.4, -0.2) is 34.3 Å². The lowest BCUT2D eigenvalue weighted by atomic mass is 9.95. The van der Waals surface area contributed by atoms with Gasteiger partial charge in [-0.05, 0) is 18.8 Å². The Balaban J connectivity index is 1.77. The third-order valence-electron chi connectivity index (χ3n) is 4.34. The van der Waals surface area contributed by atoms with E-state index in [4.69, 9.17) is 5.73 Å². The molecule has 0 aromatic carbocycles. The van der Waals surface area contributed by atoms with Gasteiger partial charge in [0.25, 0.3) is 0 Å². The molecule has 20 heavy (non-hydrogen) atoms. The van der Waals surface area contributed by atoms with Crippen molar-refractivity contribution in [2.24, 2.45) is 11.7 Å². The fourth-order valence-electron chi connectivity index (χ4n) is 2.72. The Morgan fingerprint density at radius 2 is 2.10 bits per heavy atom. The predicted molar refractivity (Wildman–Crippen MR) is 82.8 cm³/mol. The molecule has 0 radical (unpaired) electrons. The number of aryl methyl sites for hydroxylation is 1. The largest absolute Gasteiger partial charge is 0.338 e. The van der Waals surface area contributed by atoms with E-state index < -0.39 is 0 Å². The lowest BCUT2D eigenvalue weighted by Gasteiger charge is -2.34. The summed E-state index contributed by atoms with van der Waals surface area (Å²) in [6, 6.07) is 0.236. The zero-order valence-corrected chi connectivity index (χ0v) is 12.9. The standard InChI is InChI=1S/C15H29N5/c1-3-4-5-6-7-8-14-17-15(19-18-14)20-10-9-12(2)13(16)11-20/h12-13H,3-11,16H2,1-2H3,(H,17,18,19). The Kier molecular flexibility index (Phi) is 5.83. The molecular weight excluding hydrogens is 250 g/mol. The number of nitrogens with one attached hydrogen (secondary N) is 1. The number of H-pyrrole nitrogens is 1. The van der Waals surface area contributed by atoms with Crippen LogP contribution in [0.25, 0.3) is 0 Å². The van der Waals surface area contributed by atoms with Crippen LogP contribution >= 0.6 is 0 Å². The molecule has 2 rings (SSSR count). The maximum Gasteiger partial charge on any atom is 0.244 e. The number of nitrogens with zero attached hydrogens (tertiary/aromatic N) is 3. The Labute approximate surface area is 122 Å². The molecule has 1 aliphatic rings. The highest BCUT2D eigenvalue weighted by Gasteiger charge is 2.25. The van der Waals surface area contributed by atoms with Crippen LogP contribution in [0.5, 0.6) is 0 Å². The summed E-state index contributed by atoms with van der Waals surface area (Å²) >= 11 is 0. The Bertz CT molecular complexity index is 389. The smallest absolute Gasteiger partial charge is 0.244 e. The van der Waals surface area contributed by atoms with Gasteiger partial charge in [-0.2, -0.15) is 4.98 Å². The number of hydrogen-bond donors (Lipinski definition) is 2. The topological polar surface area (TPSA) is 70.8 Å². The Morgan fingerprint density at radius 3 is 2.85 bits per heavy atom. The van der Waals surface area contributed by atoms with Crippen molar-refractivity contribution >= 4 is 5.95 Å². The van der Waals surface area contributed by atoms with Crippen LogP contribution in [0.2, 0.25) is 0 Å². The maximum atomic E-state index is 6.13. The highest BCUT2D eigenvalue weighted by molar-refractivity contribution is 5.30. The van der Waals surface area contributed by atoms with Crippen molar-refractivity contribution in [1.82, 2.24) is 15.2 Å². The number of aromatic nitrogens is 3. The molecule has 1 fully saturated rings. The lowest BCUT2D eigenvalue weighted by molar-refractivity contribution is 0.376. The lowest BCUT2D eigenvalue weighted by Crippen LogP contribution is -2.48. The van der Waals surface area contributed by atoms with Crippen LogP contribution in [0.4, 0.5) is 5.95 Å². The first kappa shape index (κ1) is 15.3. The van der Waals surface area contributed by atoms with E-state index in [1.165, 1.54) is 32.1 Å². The number of aromatic amines is 1. The number of piperidine rings is 1. The summed E-state index contributed by atoms with van der Waals surface area (Å²) in [6.07, 6.45) is 8.58. The molecule has 0 bridgehead atoms. The van der Waals surface area contributed by atoms with E-state index in [2.05, 4.69) is 33.9 Å². The maximum absolute atomic E-state index is 6.13. The molecule has 2 heterocycles. The van der Waals surface area contributed by atoms with Crippen LogP contribution in [0.15, 0.2) is 0 Å². The number of unbranched alkanes of at least 4 members (excludes halogenated alkanes) is 4. The van der Waals surface area contributed by atoms with Gasteiger partial charge < -0.3 is 10.6 Å². The van der Waals surface area contributed by atoms with Crippen LogP contribution in [0, 0.1) is 5.92 Å². The molecule has 0 amide bonds. The highest BCUT2D eigenvalue weighted by Crippen LogP contribution is 2.19. The van der Waals surface area contributed by atoms with Gasteiger partial charge in [-0.15, -0.1) is 5.10 Å². The first-order chi connectivity index (χ1) is 9.70. The van der Waals surface area contributed by atoms with Gasteiger partial charge in [0.1, 0.15) is 5.82 Å². The van der Waals surface area contributed by atoms with E-state index in [1.807, 2.05) is 0 Å². The van der Waals surface area contributed by atoms with Crippen molar-refractivity contribution in [2.75, 3.05) is 18.0 Å². The van der Waals surface area contributed by atoms with Crippen molar-refractivity contribution in [2.45, 2.75) is 64.8 Å². The second kappa shape index (κ2) is 7.62. The van der Waals surface area contributed by atoms with Gasteiger partial charge in [0, 0.05) is 25.6 Å². The van der Waals surface area contributed by atoms with Crippen molar-refractivity contribution in [1.29, 1.82) is 0 Å². The molecule has 1 aliphatic heterocycles. The average Bonchev–Trinajstić information content (AvgIpc) is 2.90. The second-order valence-corrected chi connectivity index (χ2v) is 6.12. The predicted octanol–water partition coefficient (Wildman–Crippen LogP) is 2.49. The first-order valence-corrected chi connectivity index (χ1v) is 8.12. The molecular formula is C15H29N5. The van der Waals surface area contributed by atoms with Gasteiger partial charge in [-0.25, -0.2) is 0 Å². The van der Waals surface area contributed by atoms with E-state index in [-0.39, 0.29) is 6.04 Å². The zero-order valence-electron chi connectivity index (χ0n) is 12.9. The van der Waals surface area contributed by atoms with Gasteiger partial charge in [-0.3, -0.25) is 5.10 Å². The van der Waals surface area contributed by atoms with E-state index >= 15 is 0 Å². The molecule has 5 nitrogen and oxygen atoms in total. The fourth-order valence-corrected chi connectivity index (χ4v) is 2.72. The zero-order chi connectivity index (χ0) is 14.4. The molecule has 1 saturated heterocycles. The van der Waals surface area contributed by atoms with E-state index in [9.17, 15) is 0 Å². The molecule has 114 valence electrons. The van der Waals surface area contributed by atoms with Crippen molar-refractivity contribution in [3.8, 4) is 0 Å². The fraction of sp³-hybridized carbons (Fsp3) is 0.867. The Morgan fingerprint density at radius 1 is 1.30 bits per heavy atom. The number of rotatable bonds is 7. The summed E-state index contributed by atoms with van der Waals surface area (Å²) in [5.41, 5.74) is 6.13. The van der Waals surface area contributed by atoms with Crippen LogP contribution in [0.3, 0.4) is 0 Å². The highest BCUT2D eigenvalue weighted by atomic mass is 15.4. The molecule has 2 unspecified atom stereocenters. The third-order valence-corrected chi connectivity index (χ3v) is 4.34. The molecule has 1 aromatic rings. The van der Waals surface area contributed by atoms with Crippen LogP contribution in [0.1, 0.15) is 58.2 Å². The minimum Gasteiger partial charge on any atom is -0.338 e.